The van der Waals surface area contributed by atoms with Crippen molar-refractivity contribution in [3.05, 3.63) is 41.5 Å². The number of tetrazole rings is 1. The predicted molar refractivity (Wildman–Crippen MR) is 75.3 cm³/mol. The highest BCUT2D eigenvalue weighted by Gasteiger charge is 2.11. The van der Waals surface area contributed by atoms with Crippen LogP contribution in [0.4, 0.5) is 0 Å². The Balaban J connectivity index is 2.29. The molecule has 0 unspecified atom stereocenters. The van der Waals surface area contributed by atoms with Crippen molar-refractivity contribution in [3.8, 4) is 23.7 Å². The smallest absolute Gasteiger partial charge is 0.182 e. The molecule has 0 amide bonds. The molecule has 1 heterocycles. The predicted octanol–water partition coefficient (Wildman–Crippen LogP) is 2.54. The van der Waals surface area contributed by atoms with Gasteiger partial charge in [-0.2, -0.15) is 0 Å². The Morgan fingerprint density at radius 1 is 1.32 bits per heavy atom. The summed E-state index contributed by atoms with van der Waals surface area (Å²) in [6.07, 6.45) is 9.74. The summed E-state index contributed by atoms with van der Waals surface area (Å²) in [5.41, 5.74) is 3.50. The van der Waals surface area contributed by atoms with E-state index in [0.29, 0.717) is 13.0 Å². The molecular formula is C15H16N4. The standard InChI is InChI=1S/C15H16N4/c1-4-5-6-7-11-19-15(16-17-18-19)14-10-8-9-12(2)13(14)3/h1,6-10H,5,11H2,2-3H3/b7-6+. The second kappa shape index (κ2) is 5.96. The minimum Gasteiger partial charge on any atom is -0.222 e. The third kappa shape index (κ3) is 2.89. The van der Waals surface area contributed by atoms with Crippen molar-refractivity contribution in [3.63, 3.8) is 0 Å². The van der Waals surface area contributed by atoms with Crippen molar-refractivity contribution >= 4 is 0 Å². The van der Waals surface area contributed by atoms with Gasteiger partial charge in [-0.25, -0.2) is 4.68 Å². The Kier molecular flexibility index (Phi) is 4.09. The highest BCUT2D eigenvalue weighted by atomic mass is 15.5. The molecule has 0 bridgehead atoms. The monoisotopic (exact) mass is 252 g/mol. The Morgan fingerprint density at radius 3 is 2.95 bits per heavy atom. The normalized spacial score (nSPS) is 10.8. The number of nitrogens with zero attached hydrogens (tertiary/aromatic N) is 4. The van der Waals surface area contributed by atoms with Crippen molar-refractivity contribution in [1.29, 1.82) is 0 Å². The molecule has 4 heteroatoms. The molecule has 0 atom stereocenters. The fourth-order valence-electron chi connectivity index (χ4n) is 1.84. The van der Waals surface area contributed by atoms with Gasteiger partial charge in [0.25, 0.3) is 0 Å². The van der Waals surface area contributed by atoms with Crippen LogP contribution in [0, 0.1) is 26.2 Å². The molecule has 0 N–H and O–H groups in total. The number of hydrogen-bond donors (Lipinski definition) is 0. The zero-order valence-corrected chi connectivity index (χ0v) is 11.2. The van der Waals surface area contributed by atoms with Gasteiger partial charge >= 0.3 is 0 Å². The minimum atomic E-state index is 0.622. The summed E-state index contributed by atoms with van der Waals surface area (Å²) in [6.45, 7) is 4.79. The van der Waals surface area contributed by atoms with Gasteiger partial charge in [-0.05, 0) is 35.4 Å². The van der Waals surface area contributed by atoms with Gasteiger partial charge in [-0.3, -0.25) is 0 Å². The summed E-state index contributed by atoms with van der Waals surface area (Å²) in [4.78, 5) is 0. The minimum absolute atomic E-state index is 0.622. The molecule has 0 saturated carbocycles. The Morgan fingerprint density at radius 2 is 2.16 bits per heavy atom. The molecule has 0 aliphatic rings. The lowest BCUT2D eigenvalue weighted by molar-refractivity contribution is 0.664. The van der Waals surface area contributed by atoms with E-state index in [1.807, 2.05) is 24.3 Å². The topological polar surface area (TPSA) is 43.6 Å². The van der Waals surface area contributed by atoms with E-state index in [1.54, 1.807) is 4.68 Å². The van der Waals surface area contributed by atoms with Gasteiger partial charge in [0.15, 0.2) is 5.82 Å². The number of hydrogen-bond acceptors (Lipinski definition) is 3. The third-order valence-electron chi connectivity index (χ3n) is 3.06. The molecule has 0 fully saturated rings. The van der Waals surface area contributed by atoms with Gasteiger partial charge < -0.3 is 0 Å². The largest absolute Gasteiger partial charge is 0.222 e. The number of terminal acetylenes is 1. The Bertz CT molecular complexity index is 632. The Labute approximate surface area is 113 Å². The van der Waals surface area contributed by atoms with Crippen LogP contribution in [0.1, 0.15) is 17.5 Å². The van der Waals surface area contributed by atoms with Crippen LogP contribution in [-0.2, 0) is 6.54 Å². The maximum absolute atomic E-state index is 5.20. The van der Waals surface area contributed by atoms with Crippen molar-refractivity contribution in [2.24, 2.45) is 0 Å². The van der Waals surface area contributed by atoms with Crippen LogP contribution in [-0.4, -0.2) is 20.2 Å². The van der Waals surface area contributed by atoms with E-state index < -0.39 is 0 Å². The molecule has 1 aromatic carbocycles. The first-order valence-electron chi connectivity index (χ1n) is 6.15. The van der Waals surface area contributed by atoms with Crippen LogP contribution in [0.25, 0.3) is 11.4 Å². The van der Waals surface area contributed by atoms with Gasteiger partial charge in [0.05, 0.1) is 6.54 Å². The number of allylic oxidation sites excluding steroid dienone is 2. The average Bonchev–Trinajstić information content (AvgIpc) is 2.86. The van der Waals surface area contributed by atoms with Crippen molar-refractivity contribution in [2.45, 2.75) is 26.8 Å². The molecular weight excluding hydrogens is 236 g/mol. The summed E-state index contributed by atoms with van der Waals surface area (Å²) >= 11 is 0. The molecule has 0 spiro atoms. The molecule has 0 aliphatic heterocycles. The van der Waals surface area contributed by atoms with E-state index >= 15 is 0 Å². The SMILES string of the molecule is C#CC/C=C/Cn1nnnc1-c1cccc(C)c1C. The molecule has 19 heavy (non-hydrogen) atoms. The Hall–Kier alpha value is -2.41. The highest BCUT2D eigenvalue weighted by molar-refractivity contribution is 5.61. The first-order chi connectivity index (χ1) is 9.24. The molecule has 1 aromatic heterocycles. The maximum Gasteiger partial charge on any atom is 0.182 e. The van der Waals surface area contributed by atoms with E-state index in [9.17, 15) is 0 Å². The van der Waals surface area contributed by atoms with E-state index in [-0.39, 0.29) is 0 Å². The van der Waals surface area contributed by atoms with Crippen LogP contribution in [0.5, 0.6) is 0 Å². The second-order valence-electron chi connectivity index (χ2n) is 4.31. The number of aromatic nitrogens is 4. The van der Waals surface area contributed by atoms with Gasteiger partial charge in [0.2, 0.25) is 0 Å². The molecule has 96 valence electrons. The quantitative estimate of drug-likeness (QED) is 0.620. The molecule has 2 rings (SSSR count). The fraction of sp³-hybridized carbons (Fsp3) is 0.267. The summed E-state index contributed by atoms with van der Waals surface area (Å²) in [7, 11) is 0. The zero-order chi connectivity index (χ0) is 13.7. The lowest BCUT2D eigenvalue weighted by atomic mass is 10.0. The first-order valence-corrected chi connectivity index (χ1v) is 6.15. The third-order valence-corrected chi connectivity index (χ3v) is 3.06. The van der Waals surface area contributed by atoms with E-state index in [1.165, 1.54) is 11.1 Å². The number of rotatable bonds is 4. The van der Waals surface area contributed by atoms with E-state index in [0.717, 1.165) is 11.4 Å². The van der Waals surface area contributed by atoms with E-state index in [4.69, 9.17) is 6.42 Å². The summed E-state index contributed by atoms with van der Waals surface area (Å²) < 4.78 is 1.77. The fourth-order valence-corrected chi connectivity index (χ4v) is 1.84. The summed E-state index contributed by atoms with van der Waals surface area (Å²) in [5, 5.41) is 11.9. The average molecular weight is 252 g/mol. The van der Waals surface area contributed by atoms with Crippen molar-refractivity contribution in [2.75, 3.05) is 0 Å². The van der Waals surface area contributed by atoms with Gasteiger partial charge in [-0.15, -0.1) is 17.4 Å². The molecule has 0 radical (unpaired) electrons. The highest BCUT2D eigenvalue weighted by Crippen LogP contribution is 2.22. The van der Waals surface area contributed by atoms with Crippen molar-refractivity contribution < 1.29 is 0 Å². The molecule has 0 saturated heterocycles. The van der Waals surface area contributed by atoms with Crippen molar-refractivity contribution in [1.82, 2.24) is 20.2 Å². The van der Waals surface area contributed by atoms with Gasteiger partial charge in [-0.1, -0.05) is 30.4 Å². The molecule has 2 aromatic rings. The van der Waals surface area contributed by atoms with Gasteiger partial charge in [0.1, 0.15) is 0 Å². The van der Waals surface area contributed by atoms with Gasteiger partial charge in [0, 0.05) is 12.0 Å². The van der Waals surface area contributed by atoms with Crippen LogP contribution >= 0.6 is 0 Å². The lowest BCUT2D eigenvalue weighted by Crippen LogP contribution is -2.02. The number of benzene rings is 1. The molecule has 0 aliphatic carbocycles. The summed E-state index contributed by atoms with van der Waals surface area (Å²) in [6, 6.07) is 6.14. The lowest BCUT2D eigenvalue weighted by Gasteiger charge is -2.07. The first kappa shape index (κ1) is 13.0. The maximum atomic E-state index is 5.20. The van der Waals surface area contributed by atoms with Crippen LogP contribution in [0.2, 0.25) is 0 Å². The van der Waals surface area contributed by atoms with Crippen LogP contribution in [0.3, 0.4) is 0 Å². The second-order valence-corrected chi connectivity index (χ2v) is 4.31. The van der Waals surface area contributed by atoms with Crippen LogP contribution in [0.15, 0.2) is 30.4 Å². The number of aryl methyl sites for hydroxylation is 1. The summed E-state index contributed by atoms with van der Waals surface area (Å²) in [5.74, 6) is 3.35. The molecule has 4 nitrogen and oxygen atoms in total. The van der Waals surface area contributed by atoms with Crippen LogP contribution < -0.4 is 0 Å². The zero-order valence-electron chi connectivity index (χ0n) is 11.2. The van der Waals surface area contributed by atoms with E-state index in [2.05, 4.69) is 41.4 Å².